The molecule has 4 aromatic rings. The van der Waals surface area contributed by atoms with E-state index in [2.05, 4.69) is 10.6 Å². The van der Waals surface area contributed by atoms with Crippen molar-refractivity contribution in [3.8, 4) is 17.2 Å². The van der Waals surface area contributed by atoms with E-state index in [1.165, 1.54) is 11.7 Å². The topological polar surface area (TPSA) is 90.8 Å². The molecule has 0 radical (unpaired) electrons. The highest BCUT2D eigenvalue weighted by molar-refractivity contribution is 5.92. The Bertz CT molecular complexity index is 1440. The van der Waals surface area contributed by atoms with Crippen LogP contribution in [0, 0.1) is 6.92 Å². The average molecular weight is 488 g/mol. The Labute approximate surface area is 209 Å². The summed E-state index contributed by atoms with van der Waals surface area (Å²) in [6.07, 6.45) is 0. The average Bonchev–Trinajstić information content (AvgIpc) is 2.89. The van der Waals surface area contributed by atoms with E-state index in [4.69, 9.17) is 14.2 Å². The van der Waals surface area contributed by atoms with Gasteiger partial charge in [0.1, 0.15) is 12.3 Å². The number of aryl methyl sites for hydroxylation is 1. The molecule has 0 bridgehead atoms. The standard InChI is InChI=1S/C28H29N3O5/c1-18-8-10-21(11-9-18)29-16-20-12-19-13-25(35-3)26(36-4)15-24(19)31(28(20)33)17-27(32)30-22-6-5-7-23(14-22)34-2/h5-15,29H,16-17H2,1-4H3,(H,30,32). The van der Waals surface area contributed by atoms with Crippen LogP contribution in [0.25, 0.3) is 10.9 Å². The third-order valence-electron chi connectivity index (χ3n) is 5.86. The van der Waals surface area contributed by atoms with Gasteiger partial charge in [0.05, 0.1) is 26.8 Å². The summed E-state index contributed by atoms with van der Waals surface area (Å²) in [5.41, 5.74) is 3.44. The number of carbonyl (C=O) groups excluding carboxylic acids is 1. The molecule has 0 fully saturated rings. The number of rotatable bonds is 9. The number of aromatic nitrogens is 1. The van der Waals surface area contributed by atoms with Crippen molar-refractivity contribution in [3.63, 3.8) is 0 Å². The first-order valence-corrected chi connectivity index (χ1v) is 11.4. The number of hydrogen-bond acceptors (Lipinski definition) is 6. The maximum absolute atomic E-state index is 13.6. The van der Waals surface area contributed by atoms with Gasteiger partial charge in [0.15, 0.2) is 11.5 Å². The number of carbonyl (C=O) groups is 1. The summed E-state index contributed by atoms with van der Waals surface area (Å²) >= 11 is 0. The number of benzene rings is 3. The van der Waals surface area contributed by atoms with Gasteiger partial charge in [-0.1, -0.05) is 23.8 Å². The number of pyridine rings is 1. The summed E-state index contributed by atoms with van der Waals surface area (Å²) in [6.45, 7) is 2.13. The first kappa shape index (κ1) is 24.7. The monoisotopic (exact) mass is 487 g/mol. The van der Waals surface area contributed by atoms with E-state index >= 15 is 0 Å². The highest BCUT2D eigenvalue weighted by Crippen LogP contribution is 2.32. The summed E-state index contributed by atoms with van der Waals surface area (Å²) in [5, 5.41) is 6.89. The first-order chi connectivity index (χ1) is 17.4. The number of hydrogen-bond donors (Lipinski definition) is 2. The van der Waals surface area contributed by atoms with Gasteiger partial charge < -0.3 is 24.8 Å². The summed E-state index contributed by atoms with van der Waals surface area (Å²) in [6, 6.07) is 20.3. The third kappa shape index (κ3) is 5.43. The molecule has 0 saturated carbocycles. The quantitative estimate of drug-likeness (QED) is 0.359. The molecule has 4 rings (SSSR count). The van der Waals surface area contributed by atoms with Crippen LogP contribution in [-0.2, 0) is 17.9 Å². The van der Waals surface area contributed by atoms with Gasteiger partial charge in [-0.05, 0) is 43.3 Å². The maximum atomic E-state index is 13.6. The van der Waals surface area contributed by atoms with E-state index in [1.807, 2.05) is 37.3 Å². The lowest BCUT2D eigenvalue weighted by molar-refractivity contribution is -0.116. The second-order valence-corrected chi connectivity index (χ2v) is 8.33. The molecular weight excluding hydrogens is 458 g/mol. The van der Waals surface area contributed by atoms with E-state index in [0.717, 1.165) is 16.6 Å². The SMILES string of the molecule is COc1cccc(NC(=O)Cn2c(=O)c(CNc3ccc(C)cc3)cc3cc(OC)c(OC)cc32)c1. The molecular formula is C28H29N3O5. The van der Waals surface area contributed by atoms with Gasteiger partial charge in [0.2, 0.25) is 5.91 Å². The molecule has 36 heavy (non-hydrogen) atoms. The predicted molar refractivity (Wildman–Crippen MR) is 141 cm³/mol. The molecule has 0 aliphatic carbocycles. The zero-order valence-electron chi connectivity index (χ0n) is 20.8. The van der Waals surface area contributed by atoms with Crippen molar-refractivity contribution in [1.82, 2.24) is 4.57 Å². The molecule has 1 heterocycles. The molecule has 0 aliphatic rings. The fourth-order valence-electron chi connectivity index (χ4n) is 3.96. The lowest BCUT2D eigenvalue weighted by atomic mass is 10.1. The number of amides is 1. The highest BCUT2D eigenvalue weighted by Gasteiger charge is 2.16. The number of nitrogens with one attached hydrogen (secondary N) is 2. The number of nitrogens with zero attached hydrogens (tertiary/aromatic N) is 1. The fourth-order valence-corrected chi connectivity index (χ4v) is 3.96. The molecule has 8 heteroatoms. The summed E-state index contributed by atoms with van der Waals surface area (Å²) in [7, 11) is 4.65. The van der Waals surface area contributed by atoms with Gasteiger partial charge in [-0.2, -0.15) is 0 Å². The molecule has 0 unspecified atom stereocenters. The van der Waals surface area contributed by atoms with Crippen molar-refractivity contribution in [3.05, 3.63) is 88.2 Å². The predicted octanol–water partition coefficient (Wildman–Crippen LogP) is 4.59. The molecule has 186 valence electrons. The van der Waals surface area contributed by atoms with Gasteiger partial charge in [-0.15, -0.1) is 0 Å². The van der Waals surface area contributed by atoms with Crippen LogP contribution in [0.4, 0.5) is 11.4 Å². The van der Waals surface area contributed by atoms with Gasteiger partial charge in [0.25, 0.3) is 5.56 Å². The van der Waals surface area contributed by atoms with Crippen LogP contribution >= 0.6 is 0 Å². The zero-order valence-corrected chi connectivity index (χ0v) is 20.8. The van der Waals surface area contributed by atoms with Crippen LogP contribution in [0.15, 0.2) is 71.5 Å². The molecule has 1 amide bonds. The lowest BCUT2D eigenvalue weighted by Crippen LogP contribution is -2.30. The van der Waals surface area contributed by atoms with E-state index < -0.39 is 0 Å². The molecule has 0 saturated heterocycles. The number of anilines is 2. The molecule has 0 atom stereocenters. The molecule has 0 spiro atoms. The largest absolute Gasteiger partial charge is 0.497 e. The first-order valence-electron chi connectivity index (χ1n) is 11.4. The Morgan fingerprint density at radius 3 is 2.28 bits per heavy atom. The number of fused-ring (bicyclic) bond motifs is 1. The Morgan fingerprint density at radius 2 is 1.58 bits per heavy atom. The van der Waals surface area contributed by atoms with Crippen LogP contribution in [0.5, 0.6) is 17.2 Å². The van der Waals surface area contributed by atoms with E-state index in [0.29, 0.717) is 40.6 Å². The van der Waals surface area contributed by atoms with Crippen molar-refractivity contribution in [1.29, 1.82) is 0 Å². The van der Waals surface area contributed by atoms with E-state index in [1.54, 1.807) is 50.6 Å². The van der Waals surface area contributed by atoms with Crippen molar-refractivity contribution in [2.45, 2.75) is 20.0 Å². The van der Waals surface area contributed by atoms with Crippen LogP contribution in [0.2, 0.25) is 0 Å². The van der Waals surface area contributed by atoms with Crippen LogP contribution < -0.4 is 30.4 Å². The molecule has 1 aromatic heterocycles. The van der Waals surface area contributed by atoms with Crippen LogP contribution in [-0.4, -0.2) is 31.8 Å². The third-order valence-corrected chi connectivity index (χ3v) is 5.86. The van der Waals surface area contributed by atoms with Crippen molar-refractivity contribution < 1.29 is 19.0 Å². The van der Waals surface area contributed by atoms with Crippen molar-refractivity contribution >= 4 is 28.2 Å². The molecule has 8 nitrogen and oxygen atoms in total. The summed E-state index contributed by atoms with van der Waals surface area (Å²) in [5.74, 6) is 1.28. The van der Waals surface area contributed by atoms with Gasteiger partial charge in [0, 0.05) is 41.0 Å². The maximum Gasteiger partial charge on any atom is 0.256 e. The van der Waals surface area contributed by atoms with Crippen LogP contribution in [0.1, 0.15) is 11.1 Å². The number of ether oxygens (including phenoxy) is 3. The second-order valence-electron chi connectivity index (χ2n) is 8.33. The summed E-state index contributed by atoms with van der Waals surface area (Å²) in [4.78, 5) is 26.5. The Kier molecular flexibility index (Phi) is 7.44. The van der Waals surface area contributed by atoms with Gasteiger partial charge >= 0.3 is 0 Å². The second kappa shape index (κ2) is 10.9. The lowest BCUT2D eigenvalue weighted by Gasteiger charge is -2.16. The molecule has 0 aliphatic heterocycles. The van der Waals surface area contributed by atoms with Gasteiger partial charge in [-0.25, -0.2) is 0 Å². The van der Waals surface area contributed by atoms with Crippen molar-refractivity contribution in [2.24, 2.45) is 0 Å². The summed E-state index contributed by atoms with van der Waals surface area (Å²) < 4.78 is 17.6. The zero-order chi connectivity index (χ0) is 25.7. The van der Waals surface area contributed by atoms with E-state index in [-0.39, 0.29) is 18.0 Å². The minimum atomic E-state index is -0.343. The minimum Gasteiger partial charge on any atom is -0.497 e. The van der Waals surface area contributed by atoms with Crippen molar-refractivity contribution in [2.75, 3.05) is 32.0 Å². The number of methoxy groups -OCH3 is 3. The Morgan fingerprint density at radius 1 is 0.861 bits per heavy atom. The van der Waals surface area contributed by atoms with E-state index in [9.17, 15) is 9.59 Å². The smallest absolute Gasteiger partial charge is 0.256 e. The fraction of sp³-hybridized carbons (Fsp3) is 0.214. The highest BCUT2D eigenvalue weighted by atomic mass is 16.5. The molecule has 3 aromatic carbocycles. The van der Waals surface area contributed by atoms with Gasteiger partial charge in [-0.3, -0.25) is 14.2 Å². The minimum absolute atomic E-state index is 0.180. The Balaban J connectivity index is 1.71. The Hall–Kier alpha value is -4.46. The molecule has 2 N–H and O–H groups in total. The normalized spacial score (nSPS) is 10.7. The van der Waals surface area contributed by atoms with Crippen LogP contribution in [0.3, 0.4) is 0 Å².